The number of anilines is 1. The molecule has 0 radical (unpaired) electrons. The number of sulfonamides is 1. The van der Waals surface area contributed by atoms with Crippen LogP contribution < -0.4 is 4.31 Å². The zero-order valence-electron chi connectivity index (χ0n) is 14.1. The Hall–Kier alpha value is -2.55. The third-order valence-electron chi connectivity index (χ3n) is 4.24. The molecule has 2 aromatic rings. The molecule has 0 aliphatic carbocycles. The molecule has 0 unspecified atom stereocenters. The van der Waals surface area contributed by atoms with Gasteiger partial charge in [0.1, 0.15) is 16.5 Å². The molecule has 0 spiro atoms. The first-order chi connectivity index (χ1) is 12.0. The number of aromatic nitrogens is 4. The van der Waals surface area contributed by atoms with Crippen molar-refractivity contribution in [1.29, 1.82) is 5.26 Å². The summed E-state index contributed by atoms with van der Waals surface area (Å²) in [6.45, 7) is 2.86. The van der Waals surface area contributed by atoms with Gasteiger partial charge in [-0.25, -0.2) is 17.4 Å². The van der Waals surface area contributed by atoms with E-state index in [1.54, 1.807) is 6.07 Å². The van der Waals surface area contributed by atoms with Crippen molar-refractivity contribution in [3.63, 3.8) is 0 Å². The zero-order valence-corrected chi connectivity index (χ0v) is 14.9. The standard InChI is InChI=1S/C14H15F3N6O2S/c1-8-4-12(14(15,16)17)22-13(10(5-18)6-19-22)23(8)26(24,25)11-7-21(3)20-9(11)2/h6-8,12H,4H2,1-3H3/t8-,12-/m1/s1. The van der Waals surface area contributed by atoms with Gasteiger partial charge < -0.3 is 0 Å². The van der Waals surface area contributed by atoms with E-state index in [9.17, 15) is 26.9 Å². The highest BCUT2D eigenvalue weighted by Crippen LogP contribution is 2.44. The van der Waals surface area contributed by atoms with Crippen molar-refractivity contribution in [2.24, 2.45) is 7.05 Å². The first kappa shape index (κ1) is 18.2. The van der Waals surface area contributed by atoms with Crippen LogP contribution in [-0.2, 0) is 17.1 Å². The molecule has 0 aromatic carbocycles. The molecule has 2 atom stereocenters. The third kappa shape index (κ3) is 2.63. The van der Waals surface area contributed by atoms with Gasteiger partial charge in [0.25, 0.3) is 10.0 Å². The van der Waals surface area contributed by atoms with E-state index in [-0.39, 0.29) is 22.0 Å². The number of aryl methyl sites for hydroxylation is 2. The van der Waals surface area contributed by atoms with Crippen molar-refractivity contribution in [3.05, 3.63) is 23.7 Å². The minimum absolute atomic E-state index is 0.131. The van der Waals surface area contributed by atoms with E-state index in [0.29, 0.717) is 4.68 Å². The average molecular weight is 388 g/mol. The molecule has 140 valence electrons. The zero-order chi connectivity index (χ0) is 19.4. The van der Waals surface area contributed by atoms with Crippen LogP contribution in [0, 0.1) is 18.3 Å². The largest absolute Gasteiger partial charge is 0.410 e. The topological polar surface area (TPSA) is 96.8 Å². The van der Waals surface area contributed by atoms with Crippen molar-refractivity contribution in [1.82, 2.24) is 19.6 Å². The van der Waals surface area contributed by atoms with Gasteiger partial charge in [-0.3, -0.25) is 4.68 Å². The Bertz CT molecular complexity index is 1000. The summed E-state index contributed by atoms with van der Waals surface area (Å²) in [6, 6.07) is -1.31. The summed E-state index contributed by atoms with van der Waals surface area (Å²) in [5.41, 5.74) is -0.0295. The van der Waals surface area contributed by atoms with Gasteiger partial charge in [0, 0.05) is 25.7 Å². The van der Waals surface area contributed by atoms with Gasteiger partial charge in [-0.15, -0.1) is 0 Å². The Balaban J connectivity index is 2.24. The molecule has 0 saturated heterocycles. The van der Waals surface area contributed by atoms with Crippen LogP contribution in [0.25, 0.3) is 0 Å². The number of hydrogen-bond donors (Lipinski definition) is 0. The second-order valence-electron chi connectivity index (χ2n) is 6.13. The Morgan fingerprint density at radius 1 is 1.38 bits per heavy atom. The summed E-state index contributed by atoms with van der Waals surface area (Å²) in [7, 11) is -2.70. The van der Waals surface area contributed by atoms with E-state index in [0.717, 1.165) is 10.5 Å². The van der Waals surface area contributed by atoms with Crippen LogP contribution in [0.4, 0.5) is 19.0 Å². The molecule has 26 heavy (non-hydrogen) atoms. The monoisotopic (exact) mass is 388 g/mol. The summed E-state index contributed by atoms with van der Waals surface area (Å²) in [6.07, 6.45) is -2.91. The summed E-state index contributed by atoms with van der Waals surface area (Å²) in [5, 5.41) is 16.9. The van der Waals surface area contributed by atoms with E-state index in [1.165, 1.54) is 31.8 Å². The minimum atomic E-state index is -4.62. The second-order valence-corrected chi connectivity index (χ2v) is 7.92. The number of nitriles is 1. The summed E-state index contributed by atoms with van der Waals surface area (Å²) in [5.74, 6) is -0.378. The van der Waals surface area contributed by atoms with Crippen molar-refractivity contribution in [2.75, 3.05) is 4.31 Å². The molecule has 2 aromatic heterocycles. The van der Waals surface area contributed by atoms with E-state index in [1.807, 2.05) is 0 Å². The summed E-state index contributed by atoms with van der Waals surface area (Å²) < 4.78 is 69.2. The molecule has 0 bridgehead atoms. The Kier molecular flexibility index (Phi) is 4.02. The number of hydrogen-bond acceptors (Lipinski definition) is 5. The van der Waals surface area contributed by atoms with Gasteiger partial charge in [0.2, 0.25) is 0 Å². The Morgan fingerprint density at radius 3 is 2.54 bits per heavy atom. The lowest BCUT2D eigenvalue weighted by molar-refractivity contribution is -0.173. The molecular formula is C14H15F3N6O2S. The highest BCUT2D eigenvalue weighted by molar-refractivity contribution is 7.93. The minimum Gasteiger partial charge on any atom is -0.274 e. The third-order valence-corrected chi connectivity index (χ3v) is 6.25. The molecule has 0 saturated carbocycles. The fourth-order valence-corrected chi connectivity index (χ4v) is 5.05. The predicted octanol–water partition coefficient (Wildman–Crippen LogP) is 1.89. The maximum atomic E-state index is 13.4. The van der Waals surface area contributed by atoms with Gasteiger partial charge in [0.05, 0.1) is 11.9 Å². The number of nitrogens with zero attached hydrogens (tertiary/aromatic N) is 6. The maximum absolute atomic E-state index is 13.4. The van der Waals surface area contributed by atoms with E-state index >= 15 is 0 Å². The highest BCUT2D eigenvalue weighted by atomic mass is 32.2. The molecule has 3 rings (SSSR count). The summed E-state index contributed by atoms with van der Waals surface area (Å²) >= 11 is 0. The Morgan fingerprint density at radius 2 is 2.04 bits per heavy atom. The van der Waals surface area contributed by atoms with Gasteiger partial charge in [-0.1, -0.05) is 0 Å². The smallest absolute Gasteiger partial charge is 0.274 e. The number of fused-ring (bicyclic) bond motifs is 1. The normalized spacial score (nSPS) is 20.7. The number of halogens is 3. The van der Waals surface area contributed by atoms with Crippen LogP contribution in [-0.4, -0.2) is 40.2 Å². The van der Waals surface area contributed by atoms with Crippen LogP contribution >= 0.6 is 0 Å². The van der Waals surface area contributed by atoms with E-state index in [4.69, 9.17) is 0 Å². The van der Waals surface area contributed by atoms with E-state index in [2.05, 4.69) is 10.2 Å². The van der Waals surface area contributed by atoms with Crippen molar-refractivity contribution in [2.45, 2.75) is 43.4 Å². The molecular weight excluding hydrogens is 373 g/mol. The first-order valence-electron chi connectivity index (χ1n) is 7.57. The fourth-order valence-electron chi connectivity index (χ4n) is 3.17. The molecule has 0 fully saturated rings. The second kappa shape index (κ2) is 5.73. The predicted molar refractivity (Wildman–Crippen MR) is 83.7 cm³/mol. The molecule has 1 aliphatic rings. The van der Waals surface area contributed by atoms with Crippen LogP contribution in [0.2, 0.25) is 0 Å². The van der Waals surface area contributed by atoms with Gasteiger partial charge in [-0.2, -0.15) is 28.6 Å². The van der Waals surface area contributed by atoms with Crippen LogP contribution in [0.3, 0.4) is 0 Å². The van der Waals surface area contributed by atoms with Gasteiger partial charge in [-0.05, 0) is 13.8 Å². The van der Waals surface area contributed by atoms with Crippen LogP contribution in [0.5, 0.6) is 0 Å². The van der Waals surface area contributed by atoms with Crippen molar-refractivity contribution in [3.8, 4) is 6.07 Å². The molecule has 0 amide bonds. The number of rotatable bonds is 2. The van der Waals surface area contributed by atoms with E-state index < -0.39 is 34.7 Å². The summed E-state index contributed by atoms with van der Waals surface area (Å²) in [4.78, 5) is -0.131. The molecule has 0 N–H and O–H groups in total. The lowest BCUT2D eigenvalue weighted by Gasteiger charge is -2.39. The number of alkyl halides is 3. The van der Waals surface area contributed by atoms with Crippen molar-refractivity contribution < 1.29 is 21.6 Å². The van der Waals surface area contributed by atoms with Crippen LogP contribution in [0.1, 0.15) is 30.6 Å². The molecule has 1 aliphatic heterocycles. The van der Waals surface area contributed by atoms with Crippen molar-refractivity contribution >= 4 is 15.8 Å². The quantitative estimate of drug-likeness (QED) is 0.783. The average Bonchev–Trinajstić information content (AvgIpc) is 3.08. The maximum Gasteiger partial charge on any atom is 0.410 e. The SMILES string of the molecule is Cc1nn(C)cc1S(=O)(=O)N1c2c(C#N)cnn2[C@@H](C(F)(F)F)C[C@H]1C. The molecule has 3 heterocycles. The fraction of sp³-hybridized carbons (Fsp3) is 0.500. The lowest BCUT2D eigenvalue weighted by atomic mass is 10.1. The van der Waals surface area contributed by atoms with Gasteiger partial charge >= 0.3 is 6.18 Å². The Labute approximate surface area is 147 Å². The lowest BCUT2D eigenvalue weighted by Crippen LogP contribution is -2.48. The van der Waals surface area contributed by atoms with Crippen LogP contribution in [0.15, 0.2) is 17.3 Å². The highest BCUT2D eigenvalue weighted by Gasteiger charge is 2.50. The first-order valence-corrected chi connectivity index (χ1v) is 9.01. The molecule has 12 heteroatoms. The van der Waals surface area contributed by atoms with Gasteiger partial charge in [0.15, 0.2) is 11.9 Å². The molecule has 8 nitrogen and oxygen atoms in total.